The van der Waals surface area contributed by atoms with Crippen LogP contribution >= 0.6 is 11.3 Å². The van der Waals surface area contributed by atoms with E-state index < -0.39 is 28.3 Å². The summed E-state index contributed by atoms with van der Waals surface area (Å²) >= 11 is 1.33. The molecule has 4 fully saturated rings. The van der Waals surface area contributed by atoms with Crippen molar-refractivity contribution in [1.29, 1.82) is 0 Å². The van der Waals surface area contributed by atoms with Gasteiger partial charge >= 0.3 is 0 Å². The second kappa shape index (κ2) is 5.67. The third kappa shape index (κ3) is 2.95. The molecule has 1 aromatic rings. The molecule has 0 unspecified atom stereocenters. The average molecular weight is 388 g/mol. The van der Waals surface area contributed by atoms with Crippen LogP contribution in [0.5, 0.6) is 0 Å². The van der Waals surface area contributed by atoms with Crippen molar-refractivity contribution in [2.75, 3.05) is 13.7 Å². The van der Waals surface area contributed by atoms with Crippen LogP contribution in [0.1, 0.15) is 43.4 Å². The van der Waals surface area contributed by atoms with E-state index >= 15 is 13.2 Å². The number of hydrogen-bond acceptors (Lipinski definition) is 3. The van der Waals surface area contributed by atoms with Gasteiger partial charge in [-0.1, -0.05) is 0 Å². The first-order chi connectivity index (χ1) is 12.1. The number of alkyl halides is 3. The smallest absolute Gasteiger partial charge is 0.254 e. The summed E-state index contributed by atoms with van der Waals surface area (Å²) in [6.45, 7) is 2.87. The van der Waals surface area contributed by atoms with Crippen molar-refractivity contribution in [3.8, 4) is 0 Å². The van der Waals surface area contributed by atoms with Crippen LogP contribution in [-0.2, 0) is 16.1 Å². The first-order valence-corrected chi connectivity index (χ1v) is 9.72. The zero-order valence-corrected chi connectivity index (χ0v) is 15.8. The number of aryl methyl sites for hydroxylation is 1. The topological polar surface area (TPSA) is 43.6 Å². The molecular formula is C18H23F3N2O2S. The molecule has 1 amide bonds. The molecule has 0 atom stereocenters. The summed E-state index contributed by atoms with van der Waals surface area (Å²) in [4.78, 5) is 18.7. The van der Waals surface area contributed by atoms with E-state index in [2.05, 4.69) is 4.99 Å². The fourth-order valence-corrected chi connectivity index (χ4v) is 6.50. The van der Waals surface area contributed by atoms with Crippen LogP contribution in [0.4, 0.5) is 13.2 Å². The molecule has 0 saturated heterocycles. The van der Waals surface area contributed by atoms with Gasteiger partial charge in [-0.25, -0.2) is 13.2 Å². The number of methoxy groups -OCH3 is 1. The van der Waals surface area contributed by atoms with E-state index in [1.165, 1.54) is 11.3 Å². The van der Waals surface area contributed by atoms with E-state index in [1.54, 1.807) is 11.7 Å². The van der Waals surface area contributed by atoms with Crippen LogP contribution in [0.15, 0.2) is 11.2 Å². The Kier molecular flexibility index (Phi) is 3.98. The molecule has 5 rings (SSSR count). The number of ether oxygens (including phenoxy) is 1. The number of thiazole rings is 1. The predicted octanol–water partition coefficient (Wildman–Crippen LogP) is 3.42. The van der Waals surface area contributed by atoms with E-state index in [0.717, 1.165) is 4.88 Å². The largest absolute Gasteiger partial charge is 0.383 e. The molecule has 0 aromatic carbocycles. The van der Waals surface area contributed by atoms with Gasteiger partial charge in [0.1, 0.15) is 17.0 Å². The summed E-state index contributed by atoms with van der Waals surface area (Å²) in [6.07, 6.45) is 0.595. The van der Waals surface area contributed by atoms with Gasteiger partial charge < -0.3 is 9.30 Å². The standard InChI is InChI=1S/C18H23F3N2O2S/c1-12-5-23(3-4-25-2)14(26-12)22-13(24)15-6-16(19)9-17(20,7-15)11-18(21,8-15)10-16/h5H,3-4,6-11H2,1-2H3. The molecule has 4 aliphatic rings. The van der Waals surface area contributed by atoms with Crippen LogP contribution in [-0.4, -0.2) is 41.2 Å². The Balaban J connectivity index is 1.71. The third-order valence-corrected chi connectivity index (χ3v) is 6.83. The highest BCUT2D eigenvalue weighted by Crippen LogP contribution is 2.68. The normalized spacial score (nSPS) is 41.8. The van der Waals surface area contributed by atoms with Crippen LogP contribution in [0.25, 0.3) is 0 Å². The molecular weight excluding hydrogens is 365 g/mol. The SMILES string of the molecule is COCCn1cc(C)sc1=NC(=O)C12CC3(F)CC(F)(CC(F)(C3)C1)C2. The number of carbonyl (C=O) groups is 1. The Labute approximate surface area is 154 Å². The fraction of sp³-hybridized carbons (Fsp3) is 0.778. The predicted molar refractivity (Wildman–Crippen MR) is 91.1 cm³/mol. The van der Waals surface area contributed by atoms with Crippen LogP contribution < -0.4 is 4.80 Å². The summed E-state index contributed by atoms with van der Waals surface area (Å²) in [7, 11) is 1.58. The van der Waals surface area contributed by atoms with Gasteiger partial charge in [0.15, 0.2) is 4.80 Å². The quantitative estimate of drug-likeness (QED) is 0.793. The lowest BCUT2D eigenvalue weighted by molar-refractivity contribution is -0.215. The molecule has 144 valence electrons. The van der Waals surface area contributed by atoms with E-state index in [-0.39, 0.29) is 38.5 Å². The lowest BCUT2D eigenvalue weighted by Gasteiger charge is -2.61. The molecule has 4 saturated carbocycles. The number of carbonyl (C=O) groups excluding carboxylic acids is 1. The first-order valence-electron chi connectivity index (χ1n) is 8.90. The fourth-order valence-electron chi connectivity index (χ4n) is 5.65. The number of hydrogen-bond donors (Lipinski definition) is 0. The van der Waals surface area contributed by atoms with Crippen molar-refractivity contribution in [3.05, 3.63) is 15.9 Å². The van der Waals surface area contributed by atoms with Gasteiger partial charge in [-0.3, -0.25) is 4.79 Å². The van der Waals surface area contributed by atoms with E-state index in [4.69, 9.17) is 4.74 Å². The zero-order chi connectivity index (χ0) is 18.8. The molecule has 4 bridgehead atoms. The number of amides is 1. The minimum atomic E-state index is -1.94. The van der Waals surface area contributed by atoms with Gasteiger partial charge in [0.2, 0.25) is 0 Å². The summed E-state index contributed by atoms with van der Waals surface area (Å²) in [5.41, 5.74) is -7.20. The first kappa shape index (κ1) is 18.2. The number of aromatic nitrogens is 1. The van der Waals surface area contributed by atoms with Crippen molar-refractivity contribution in [2.24, 2.45) is 10.4 Å². The number of halogens is 3. The van der Waals surface area contributed by atoms with Crippen molar-refractivity contribution in [1.82, 2.24) is 4.57 Å². The van der Waals surface area contributed by atoms with Gasteiger partial charge in [0.25, 0.3) is 5.91 Å². The maximum Gasteiger partial charge on any atom is 0.254 e. The number of rotatable bonds is 4. The number of nitrogens with zero attached hydrogens (tertiary/aromatic N) is 2. The molecule has 1 heterocycles. The van der Waals surface area contributed by atoms with Crippen molar-refractivity contribution >= 4 is 17.2 Å². The highest BCUT2D eigenvalue weighted by molar-refractivity contribution is 7.09. The van der Waals surface area contributed by atoms with Crippen molar-refractivity contribution in [2.45, 2.75) is 69.0 Å². The lowest BCUT2D eigenvalue weighted by Crippen LogP contribution is -2.67. The minimum Gasteiger partial charge on any atom is -0.383 e. The average Bonchev–Trinajstić information content (AvgIpc) is 2.79. The molecule has 1 aromatic heterocycles. The van der Waals surface area contributed by atoms with Gasteiger partial charge in [-0.05, 0) is 26.2 Å². The summed E-state index contributed by atoms with van der Waals surface area (Å²) in [5, 5.41) is 0. The molecule has 0 spiro atoms. The highest BCUT2D eigenvalue weighted by Gasteiger charge is 2.72. The van der Waals surface area contributed by atoms with Gasteiger partial charge in [-0.15, -0.1) is 11.3 Å². The molecule has 0 radical (unpaired) electrons. The Morgan fingerprint density at radius 3 is 2.19 bits per heavy atom. The van der Waals surface area contributed by atoms with Crippen molar-refractivity contribution < 1.29 is 22.7 Å². The van der Waals surface area contributed by atoms with E-state index in [0.29, 0.717) is 18.0 Å². The summed E-state index contributed by atoms with van der Waals surface area (Å²) in [5.74, 6) is -0.587. The van der Waals surface area contributed by atoms with Crippen LogP contribution in [0, 0.1) is 12.3 Å². The molecule has 8 heteroatoms. The second-order valence-corrected chi connectivity index (χ2v) is 9.73. The highest BCUT2D eigenvalue weighted by atomic mass is 32.1. The second-order valence-electron chi connectivity index (χ2n) is 8.52. The Morgan fingerprint density at radius 1 is 1.15 bits per heavy atom. The van der Waals surface area contributed by atoms with Gasteiger partial charge in [0, 0.05) is 44.0 Å². The maximum atomic E-state index is 15.1. The van der Waals surface area contributed by atoms with E-state index in [1.807, 2.05) is 13.1 Å². The Morgan fingerprint density at radius 2 is 1.69 bits per heavy atom. The lowest BCUT2D eigenvalue weighted by atomic mass is 9.46. The summed E-state index contributed by atoms with van der Waals surface area (Å²) in [6, 6.07) is 0. The van der Waals surface area contributed by atoms with Crippen molar-refractivity contribution in [3.63, 3.8) is 0 Å². The molecule has 0 aliphatic heterocycles. The molecule has 4 aliphatic carbocycles. The maximum absolute atomic E-state index is 15.1. The summed E-state index contributed by atoms with van der Waals surface area (Å²) < 4.78 is 52.1. The Hall–Kier alpha value is -1.15. The monoisotopic (exact) mass is 388 g/mol. The zero-order valence-electron chi connectivity index (χ0n) is 15.0. The molecule has 4 nitrogen and oxygen atoms in total. The van der Waals surface area contributed by atoms with Crippen LogP contribution in [0.2, 0.25) is 0 Å². The van der Waals surface area contributed by atoms with Gasteiger partial charge in [-0.2, -0.15) is 4.99 Å². The van der Waals surface area contributed by atoms with Gasteiger partial charge in [0.05, 0.1) is 12.0 Å². The molecule has 0 N–H and O–H groups in total. The van der Waals surface area contributed by atoms with Crippen LogP contribution in [0.3, 0.4) is 0 Å². The Bertz CT molecular complexity index is 764. The third-order valence-electron chi connectivity index (χ3n) is 5.89. The van der Waals surface area contributed by atoms with E-state index in [9.17, 15) is 4.79 Å². The minimum absolute atomic E-state index is 0.123. The molecule has 26 heavy (non-hydrogen) atoms.